The van der Waals surface area contributed by atoms with Crippen molar-refractivity contribution in [3.8, 4) is 17.1 Å². The minimum atomic E-state index is -0.125. The van der Waals surface area contributed by atoms with Gasteiger partial charge in [-0.2, -0.15) is 0 Å². The van der Waals surface area contributed by atoms with E-state index in [-0.39, 0.29) is 5.56 Å². The second-order valence-corrected chi connectivity index (χ2v) is 8.42. The molecule has 0 radical (unpaired) electrons. The van der Waals surface area contributed by atoms with Crippen LogP contribution in [-0.4, -0.2) is 32.5 Å². The summed E-state index contributed by atoms with van der Waals surface area (Å²) in [5.41, 5.74) is 4.53. The average molecular weight is 427 g/mol. The summed E-state index contributed by atoms with van der Waals surface area (Å²) >= 11 is 0. The largest absolute Gasteiger partial charge is 0.440 e. The first-order valence-corrected chi connectivity index (χ1v) is 11.0. The van der Waals surface area contributed by atoms with Gasteiger partial charge in [0.25, 0.3) is 5.56 Å². The number of nitrogens with zero attached hydrogens (tertiary/aromatic N) is 4. The molecule has 0 bridgehead atoms. The molecule has 6 heteroatoms. The highest BCUT2D eigenvalue weighted by Crippen LogP contribution is 2.24. The van der Waals surface area contributed by atoms with Gasteiger partial charge in [0.15, 0.2) is 11.7 Å². The Hall–Kier alpha value is -3.51. The normalized spacial score (nSPS) is 14.2. The maximum Gasteiger partial charge on any atom is 0.256 e. The highest BCUT2D eigenvalue weighted by atomic mass is 16.4. The van der Waals surface area contributed by atoms with Gasteiger partial charge in [0, 0.05) is 37.0 Å². The van der Waals surface area contributed by atoms with Gasteiger partial charge >= 0.3 is 0 Å². The Balaban J connectivity index is 1.36. The minimum absolute atomic E-state index is 0.125. The van der Waals surface area contributed by atoms with Gasteiger partial charge in [0.05, 0.1) is 6.20 Å². The lowest BCUT2D eigenvalue weighted by Gasteiger charge is -2.15. The Kier molecular flexibility index (Phi) is 5.69. The summed E-state index contributed by atoms with van der Waals surface area (Å²) in [7, 11) is 0. The van der Waals surface area contributed by atoms with E-state index in [9.17, 15) is 4.79 Å². The van der Waals surface area contributed by atoms with Crippen molar-refractivity contribution in [1.29, 1.82) is 0 Å². The van der Waals surface area contributed by atoms with Gasteiger partial charge in [0.2, 0.25) is 0 Å². The smallest absolute Gasteiger partial charge is 0.256 e. The fraction of sp³-hybridized carbons (Fsp3) is 0.269. The number of oxazole rings is 1. The van der Waals surface area contributed by atoms with Crippen molar-refractivity contribution >= 4 is 0 Å². The summed E-state index contributed by atoms with van der Waals surface area (Å²) in [6, 6.07) is 15.5. The summed E-state index contributed by atoms with van der Waals surface area (Å²) in [4.78, 5) is 23.5. The first-order chi connectivity index (χ1) is 15.6. The van der Waals surface area contributed by atoms with Crippen molar-refractivity contribution in [1.82, 2.24) is 19.4 Å². The van der Waals surface area contributed by atoms with Crippen LogP contribution in [0.1, 0.15) is 35.4 Å². The molecule has 6 nitrogen and oxygen atoms in total. The zero-order valence-corrected chi connectivity index (χ0v) is 18.2. The fourth-order valence-electron chi connectivity index (χ4n) is 4.36. The van der Waals surface area contributed by atoms with Crippen LogP contribution in [0.15, 0.2) is 76.3 Å². The molecule has 1 aromatic carbocycles. The number of rotatable bonds is 6. The second-order valence-electron chi connectivity index (χ2n) is 8.42. The number of aryl methyl sites for hydroxylation is 1. The maximum atomic E-state index is 12.1. The third-order valence-electron chi connectivity index (χ3n) is 5.81. The first-order valence-electron chi connectivity index (χ1n) is 11.0. The van der Waals surface area contributed by atoms with Gasteiger partial charge in [0.1, 0.15) is 5.82 Å². The van der Waals surface area contributed by atoms with E-state index in [1.807, 2.05) is 18.2 Å². The van der Waals surface area contributed by atoms with Crippen LogP contribution in [-0.2, 0) is 13.0 Å². The molecule has 3 aromatic heterocycles. The van der Waals surface area contributed by atoms with Crippen molar-refractivity contribution < 1.29 is 4.42 Å². The lowest BCUT2D eigenvalue weighted by molar-refractivity contribution is 0.331. The third kappa shape index (κ3) is 4.55. The zero-order chi connectivity index (χ0) is 21.9. The molecular formula is C26H26N4O2. The maximum absolute atomic E-state index is 12.1. The Morgan fingerprint density at radius 3 is 2.69 bits per heavy atom. The van der Waals surface area contributed by atoms with Crippen molar-refractivity contribution in [3.05, 3.63) is 100 Å². The molecule has 0 amide bonds. The first kappa shape index (κ1) is 20.4. The Bertz CT molecular complexity index is 1280. The van der Waals surface area contributed by atoms with Crippen LogP contribution in [0.4, 0.5) is 0 Å². The highest BCUT2D eigenvalue weighted by molar-refractivity contribution is 5.58. The van der Waals surface area contributed by atoms with Gasteiger partial charge < -0.3 is 4.42 Å². The molecule has 0 N–H and O–H groups in total. The van der Waals surface area contributed by atoms with E-state index in [0.717, 1.165) is 12.1 Å². The van der Waals surface area contributed by atoms with Crippen molar-refractivity contribution in [2.24, 2.45) is 0 Å². The van der Waals surface area contributed by atoms with E-state index in [1.165, 1.54) is 53.3 Å². The fourth-order valence-corrected chi connectivity index (χ4v) is 4.36. The Morgan fingerprint density at radius 1 is 1.00 bits per heavy atom. The molecule has 32 heavy (non-hydrogen) atoms. The van der Waals surface area contributed by atoms with Crippen LogP contribution in [0, 0.1) is 6.92 Å². The molecule has 1 saturated heterocycles. The van der Waals surface area contributed by atoms with Crippen LogP contribution in [0.3, 0.4) is 0 Å². The molecular weight excluding hydrogens is 400 g/mol. The molecule has 1 aliphatic heterocycles. The summed E-state index contributed by atoms with van der Waals surface area (Å²) in [6.45, 7) is 5.52. The van der Waals surface area contributed by atoms with Crippen LogP contribution in [0.5, 0.6) is 0 Å². The van der Waals surface area contributed by atoms with E-state index in [1.54, 1.807) is 24.7 Å². The average Bonchev–Trinajstić information content (AvgIpc) is 3.46. The molecule has 0 atom stereocenters. The predicted molar refractivity (Wildman–Crippen MR) is 124 cm³/mol. The SMILES string of the molecule is Cc1cc(Cc2ncc(-c3ccnc(-n4ccccc4=O)c3)o2)cc(CN2CCCC2)c1. The molecule has 1 fully saturated rings. The summed E-state index contributed by atoms with van der Waals surface area (Å²) in [5, 5.41) is 0. The highest BCUT2D eigenvalue weighted by Gasteiger charge is 2.14. The number of aromatic nitrogens is 3. The van der Waals surface area contributed by atoms with E-state index < -0.39 is 0 Å². The number of benzene rings is 1. The Morgan fingerprint density at radius 2 is 1.84 bits per heavy atom. The monoisotopic (exact) mass is 426 g/mol. The van der Waals surface area contributed by atoms with Gasteiger partial charge in [-0.05, 0) is 62.2 Å². The third-order valence-corrected chi connectivity index (χ3v) is 5.81. The predicted octanol–water partition coefficient (Wildman–Crippen LogP) is 4.38. The van der Waals surface area contributed by atoms with E-state index in [2.05, 4.69) is 40.0 Å². The standard InChI is InChI=1S/C26H26N4O2/c1-19-12-20(14-21(13-19)18-29-9-4-5-10-29)15-25-28-17-23(32-25)22-7-8-27-24(16-22)30-11-3-2-6-26(30)31/h2-3,6-8,11-14,16-17H,4-5,9-10,15,18H2,1H3. The van der Waals surface area contributed by atoms with Crippen molar-refractivity contribution in [3.63, 3.8) is 0 Å². The lowest BCUT2D eigenvalue weighted by Crippen LogP contribution is -2.18. The van der Waals surface area contributed by atoms with E-state index in [4.69, 9.17) is 4.42 Å². The lowest BCUT2D eigenvalue weighted by atomic mass is 10.0. The molecule has 0 unspecified atom stereocenters. The summed E-state index contributed by atoms with van der Waals surface area (Å²) in [6.07, 6.45) is 8.37. The number of hydrogen-bond acceptors (Lipinski definition) is 5. The molecule has 5 rings (SSSR count). The van der Waals surface area contributed by atoms with Crippen molar-refractivity contribution in [2.45, 2.75) is 32.7 Å². The van der Waals surface area contributed by atoms with Gasteiger partial charge in [-0.1, -0.05) is 29.8 Å². The van der Waals surface area contributed by atoms with Gasteiger partial charge in [-0.3, -0.25) is 14.3 Å². The molecule has 4 aromatic rings. The topological polar surface area (TPSA) is 64.2 Å². The van der Waals surface area contributed by atoms with Gasteiger partial charge in [-0.15, -0.1) is 0 Å². The number of pyridine rings is 2. The van der Waals surface area contributed by atoms with Crippen LogP contribution in [0.2, 0.25) is 0 Å². The van der Waals surface area contributed by atoms with E-state index >= 15 is 0 Å². The van der Waals surface area contributed by atoms with Crippen molar-refractivity contribution in [2.75, 3.05) is 13.1 Å². The molecule has 0 saturated carbocycles. The minimum Gasteiger partial charge on any atom is -0.440 e. The molecule has 1 aliphatic rings. The van der Waals surface area contributed by atoms with E-state index in [0.29, 0.717) is 23.9 Å². The number of likely N-dealkylation sites (tertiary alicyclic amines) is 1. The van der Waals surface area contributed by atoms with Gasteiger partial charge in [-0.25, -0.2) is 9.97 Å². The summed E-state index contributed by atoms with van der Waals surface area (Å²) in [5.74, 6) is 1.89. The molecule has 0 aliphatic carbocycles. The zero-order valence-electron chi connectivity index (χ0n) is 18.2. The Labute approximate surface area is 187 Å². The molecule has 4 heterocycles. The van der Waals surface area contributed by atoms with Crippen LogP contribution >= 0.6 is 0 Å². The van der Waals surface area contributed by atoms with Crippen LogP contribution in [0.25, 0.3) is 17.1 Å². The second kappa shape index (κ2) is 8.93. The summed E-state index contributed by atoms with van der Waals surface area (Å²) < 4.78 is 7.58. The molecule has 162 valence electrons. The number of hydrogen-bond donors (Lipinski definition) is 0. The quantitative estimate of drug-likeness (QED) is 0.458. The van der Waals surface area contributed by atoms with Crippen LogP contribution < -0.4 is 5.56 Å². The molecule has 0 spiro atoms.